The van der Waals surface area contributed by atoms with Crippen LogP contribution in [0.4, 0.5) is 0 Å². The minimum atomic E-state index is -0.591. The second kappa shape index (κ2) is 11.0. The van der Waals surface area contributed by atoms with Crippen molar-refractivity contribution in [3.8, 4) is 5.82 Å². The molecule has 1 saturated heterocycles. The van der Waals surface area contributed by atoms with E-state index in [1.165, 1.54) is 17.2 Å². The minimum Gasteiger partial charge on any atom is -0.460 e. The van der Waals surface area contributed by atoms with Gasteiger partial charge in [-0.2, -0.15) is 15.3 Å². The third-order valence-electron chi connectivity index (χ3n) is 6.18. The van der Waals surface area contributed by atoms with Crippen LogP contribution in [-0.4, -0.2) is 58.5 Å². The van der Waals surface area contributed by atoms with Gasteiger partial charge in [0.2, 0.25) is 0 Å². The number of Topliss-reactive ketones (excluding diaryl/α,β-unsaturated/α-hetero) is 1. The molecule has 4 aromatic rings. The Labute approximate surface area is 234 Å². The lowest BCUT2D eigenvalue weighted by Crippen LogP contribution is -2.33. The Morgan fingerprint density at radius 2 is 1.87 bits per heavy atom. The summed E-state index contributed by atoms with van der Waals surface area (Å²) in [4.78, 5) is 36.1. The lowest BCUT2D eigenvalue weighted by Gasteiger charge is -2.31. The van der Waals surface area contributed by atoms with Crippen LogP contribution >= 0.6 is 23.2 Å². The highest BCUT2D eigenvalue weighted by molar-refractivity contribution is 6.32. The van der Waals surface area contributed by atoms with Crippen molar-refractivity contribution in [2.24, 2.45) is 5.92 Å². The van der Waals surface area contributed by atoms with Gasteiger partial charge in [0.15, 0.2) is 16.6 Å². The van der Waals surface area contributed by atoms with E-state index in [0.29, 0.717) is 52.8 Å². The first kappa shape index (κ1) is 27.2. The molecule has 2 atom stereocenters. The smallest absolute Gasteiger partial charge is 0.309 e. The van der Waals surface area contributed by atoms with Gasteiger partial charge in [-0.15, -0.1) is 4.80 Å². The first-order chi connectivity index (χ1) is 18.6. The van der Waals surface area contributed by atoms with Gasteiger partial charge in [0, 0.05) is 43.5 Å². The van der Waals surface area contributed by atoms with Crippen LogP contribution in [-0.2, 0) is 31.9 Å². The normalized spacial score (nSPS) is 17.9. The Morgan fingerprint density at radius 3 is 2.59 bits per heavy atom. The zero-order valence-corrected chi connectivity index (χ0v) is 23.2. The second-order valence-corrected chi connectivity index (χ2v) is 11.2. The number of rotatable bonds is 7. The number of aromatic nitrogens is 7. The molecule has 204 valence electrons. The van der Waals surface area contributed by atoms with Crippen molar-refractivity contribution in [2.45, 2.75) is 58.2 Å². The third-order valence-corrected chi connectivity index (χ3v) is 6.64. The maximum atomic E-state index is 13.2. The molecule has 0 N–H and O–H groups in total. The fourth-order valence-corrected chi connectivity index (χ4v) is 5.00. The van der Waals surface area contributed by atoms with Crippen molar-refractivity contribution in [2.75, 3.05) is 6.61 Å². The van der Waals surface area contributed by atoms with Crippen LogP contribution < -0.4 is 0 Å². The van der Waals surface area contributed by atoms with Gasteiger partial charge >= 0.3 is 5.97 Å². The summed E-state index contributed by atoms with van der Waals surface area (Å²) in [5.41, 5.74) is 1.86. The molecule has 0 saturated carbocycles. The zero-order valence-electron chi connectivity index (χ0n) is 21.7. The number of nitrogens with zero attached hydrogens (tertiary/aromatic N) is 7. The van der Waals surface area contributed by atoms with E-state index in [4.69, 9.17) is 32.7 Å². The molecule has 5 heterocycles. The van der Waals surface area contributed by atoms with E-state index in [9.17, 15) is 9.59 Å². The average molecular weight is 572 g/mol. The summed E-state index contributed by atoms with van der Waals surface area (Å²) in [5, 5.41) is 13.0. The number of hydrogen-bond acceptors (Lipinski definition) is 9. The van der Waals surface area contributed by atoms with E-state index in [0.717, 1.165) is 0 Å². The van der Waals surface area contributed by atoms with Crippen LogP contribution in [0.1, 0.15) is 56.5 Å². The Hall–Kier alpha value is -3.41. The molecule has 11 nitrogen and oxygen atoms in total. The molecule has 1 fully saturated rings. The number of fused-ring (bicyclic) bond motifs is 1. The highest BCUT2D eigenvalue weighted by Gasteiger charge is 2.34. The number of halogens is 2. The summed E-state index contributed by atoms with van der Waals surface area (Å²) in [6.45, 7) is 5.89. The van der Waals surface area contributed by atoms with Gasteiger partial charge in [-0.1, -0.05) is 23.2 Å². The van der Waals surface area contributed by atoms with E-state index in [-0.39, 0.29) is 35.7 Å². The summed E-state index contributed by atoms with van der Waals surface area (Å²) in [6, 6.07) is 3.31. The van der Waals surface area contributed by atoms with Crippen molar-refractivity contribution < 1.29 is 19.1 Å². The van der Waals surface area contributed by atoms with Gasteiger partial charge in [0.1, 0.15) is 17.5 Å². The number of carbonyl (C=O) groups is 2. The van der Waals surface area contributed by atoms with E-state index < -0.39 is 11.7 Å². The van der Waals surface area contributed by atoms with Gasteiger partial charge in [-0.3, -0.25) is 9.59 Å². The average Bonchev–Trinajstić information content (AvgIpc) is 3.52. The molecular formula is C26H27Cl2N7O4. The molecule has 5 rings (SSSR count). The summed E-state index contributed by atoms with van der Waals surface area (Å²) < 4.78 is 13.3. The van der Waals surface area contributed by atoms with E-state index in [1.807, 2.05) is 20.8 Å². The van der Waals surface area contributed by atoms with Crippen molar-refractivity contribution in [3.05, 3.63) is 63.9 Å². The molecule has 1 aliphatic rings. The lowest BCUT2D eigenvalue weighted by molar-refractivity contribution is -0.165. The van der Waals surface area contributed by atoms with E-state index in [2.05, 4.69) is 25.3 Å². The van der Waals surface area contributed by atoms with Crippen LogP contribution in [0.2, 0.25) is 10.2 Å². The van der Waals surface area contributed by atoms with Crippen LogP contribution in [0.25, 0.3) is 11.5 Å². The Kier molecular flexibility index (Phi) is 7.66. The molecule has 4 aromatic heterocycles. The van der Waals surface area contributed by atoms with E-state index in [1.54, 1.807) is 29.0 Å². The van der Waals surface area contributed by atoms with Crippen molar-refractivity contribution >= 4 is 40.6 Å². The van der Waals surface area contributed by atoms with Crippen molar-refractivity contribution in [3.63, 3.8) is 0 Å². The highest BCUT2D eigenvalue weighted by Crippen LogP contribution is 2.35. The second-order valence-electron chi connectivity index (χ2n) is 10.4. The molecule has 0 bridgehead atoms. The van der Waals surface area contributed by atoms with Crippen molar-refractivity contribution in [1.29, 1.82) is 0 Å². The Bertz CT molecular complexity index is 1510. The molecule has 0 aliphatic carbocycles. The van der Waals surface area contributed by atoms with Gasteiger partial charge in [0.05, 0.1) is 29.0 Å². The zero-order chi connectivity index (χ0) is 27.7. The van der Waals surface area contributed by atoms with Crippen LogP contribution in [0.5, 0.6) is 0 Å². The van der Waals surface area contributed by atoms with E-state index >= 15 is 0 Å². The third kappa shape index (κ3) is 6.26. The summed E-state index contributed by atoms with van der Waals surface area (Å²) in [5.74, 6) is -0.329. The predicted octanol–water partition coefficient (Wildman–Crippen LogP) is 4.18. The maximum Gasteiger partial charge on any atom is 0.309 e. The van der Waals surface area contributed by atoms with Crippen LogP contribution in [0.3, 0.4) is 0 Å². The topological polar surface area (TPSA) is 126 Å². The Morgan fingerprint density at radius 1 is 1.10 bits per heavy atom. The molecule has 0 radical (unpaired) electrons. The first-order valence-electron chi connectivity index (χ1n) is 12.5. The molecule has 1 aliphatic heterocycles. The fraction of sp³-hybridized carbons (Fsp3) is 0.423. The SMILES string of the molecule is CC(C)(C)OC(=O)C1CCOC(c2c(CC(=O)Cc3cnc(-n4nccn4)c(Cl)c3)cnc3cc(Cl)nn23)C1. The number of pyridine rings is 1. The van der Waals surface area contributed by atoms with Gasteiger partial charge < -0.3 is 9.47 Å². The number of ketones is 1. The maximum absolute atomic E-state index is 13.2. The number of hydrogen-bond donors (Lipinski definition) is 0. The van der Waals surface area contributed by atoms with Crippen molar-refractivity contribution in [1.82, 2.24) is 34.6 Å². The summed E-state index contributed by atoms with van der Waals surface area (Å²) in [6.07, 6.45) is 6.85. The number of esters is 1. The monoisotopic (exact) mass is 571 g/mol. The number of ether oxygens (including phenoxy) is 2. The molecule has 39 heavy (non-hydrogen) atoms. The lowest BCUT2D eigenvalue weighted by atomic mass is 9.91. The first-order valence-corrected chi connectivity index (χ1v) is 13.2. The van der Waals surface area contributed by atoms with Gasteiger partial charge in [-0.05, 0) is 45.2 Å². The summed E-state index contributed by atoms with van der Waals surface area (Å²) in [7, 11) is 0. The summed E-state index contributed by atoms with van der Waals surface area (Å²) >= 11 is 12.6. The quantitative estimate of drug-likeness (QED) is 0.300. The van der Waals surface area contributed by atoms with Gasteiger partial charge in [0.25, 0.3) is 0 Å². The fourth-order valence-electron chi connectivity index (χ4n) is 4.57. The molecule has 0 amide bonds. The van der Waals surface area contributed by atoms with Crippen LogP contribution in [0, 0.1) is 5.92 Å². The molecule has 0 spiro atoms. The van der Waals surface area contributed by atoms with Gasteiger partial charge in [-0.25, -0.2) is 14.5 Å². The Balaban J connectivity index is 1.38. The minimum absolute atomic E-state index is 0.0623. The molecule has 2 unspecified atom stereocenters. The van der Waals surface area contributed by atoms with Crippen LogP contribution in [0.15, 0.2) is 36.9 Å². The number of carbonyl (C=O) groups excluding carboxylic acids is 2. The standard InChI is InChI=1S/C26H27Cl2N7O4/c1-26(2,3)39-25(37)16-4-7-38-20(11-16)23-17(14-29-22-12-21(28)33-34(22)23)10-18(36)8-15-9-19(27)24(30-13-15)35-31-5-6-32-35/h5-6,9,12-14,16,20H,4,7-8,10-11H2,1-3H3. The molecule has 0 aromatic carbocycles. The molecular weight excluding hydrogens is 545 g/mol. The molecule has 13 heteroatoms. The largest absolute Gasteiger partial charge is 0.460 e. The highest BCUT2D eigenvalue weighted by atomic mass is 35.5. The predicted molar refractivity (Wildman–Crippen MR) is 142 cm³/mol.